The van der Waals surface area contributed by atoms with Gasteiger partial charge in [-0.15, -0.1) is 0 Å². The van der Waals surface area contributed by atoms with E-state index in [1.807, 2.05) is 31.2 Å². The maximum atomic E-state index is 13.0. The van der Waals surface area contributed by atoms with Crippen LogP contribution < -0.4 is 10.6 Å². The van der Waals surface area contributed by atoms with Crippen LogP contribution in [0.4, 0.5) is 18.9 Å². The molecule has 0 fully saturated rings. The van der Waals surface area contributed by atoms with Gasteiger partial charge in [-0.3, -0.25) is 9.78 Å². The van der Waals surface area contributed by atoms with E-state index in [0.29, 0.717) is 30.2 Å². The molecule has 9 heteroatoms. The second kappa shape index (κ2) is 10.9. The molecule has 0 saturated carbocycles. The van der Waals surface area contributed by atoms with E-state index in [4.69, 9.17) is 11.6 Å². The van der Waals surface area contributed by atoms with Crippen LogP contribution >= 0.6 is 11.6 Å². The molecule has 3 rings (SSSR count). The molecule has 5 nitrogen and oxygen atoms in total. The Balaban J connectivity index is 1.50. The average molecular weight is 479 g/mol. The number of carbonyl (C=O) groups is 1. The molecule has 0 atom stereocenters. The van der Waals surface area contributed by atoms with Crippen LogP contribution in [0.5, 0.6) is 0 Å². The van der Waals surface area contributed by atoms with Gasteiger partial charge in [0.05, 0.1) is 11.1 Å². The lowest BCUT2D eigenvalue weighted by Gasteiger charge is -2.21. The molecule has 2 aromatic carbocycles. The molecule has 0 aliphatic rings. The monoisotopic (exact) mass is 478 g/mol. The van der Waals surface area contributed by atoms with Crippen LogP contribution in [0.3, 0.4) is 0 Å². The third-order valence-electron chi connectivity index (χ3n) is 5.28. The zero-order valence-corrected chi connectivity index (χ0v) is 19.2. The number of nitrogens with one attached hydrogen (secondary N) is 2. The minimum Gasteiger partial charge on any atom is -0.383 e. The van der Waals surface area contributed by atoms with E-state index in [-0.39, 0.29) is 5.56 Å². The average Bonchev–Trinajstić information content (AvgIpc) is 2.76. The first-order valence-corrected chi connectivity index (χ1v) is 11.0. The first-order valence-electron chi connectivity index (χ1n) is 10.6. The van der Waals surface area contributed by atoms with Crippen LogP contribution in [0.25, 0.3) is 10.9 Å². The number of pyridine rings is 1. The first-order chi connectivity index (χ1) is 15.7. The number of aryl methyl sites for hydroxylation is 1. The number of nitrogens with zero attached hydrogens (tertiary/aromatic N) is 2. The Morgan fingerprint density at radius 1 is 1.09 bits per heavy atom. The van der Waals surface area contributed by atoms with Gasteiger partial charge >= 0.3 is 6.18 Å². The Morgan fingerprint density at radius 3 is 2.58 bits per heavy atom. The largest absolute Gasteiger partial charge is 0.416 e. The third-order valence-corrected chi connectivity index (χ3v) is 5.51. The first kappa shape index (κ1) is 24.8. The molecule has 0 aliphatic carbocycles. The molecule has 33 heavy (non-hydrogen) atoms. The van der Waals surface area contributed by atoms with E-state index in [9.17, 15) is 18.0 Å². The third kappa shape index (κ3) is 6.82. The molecule has 2 N–H and O–H groups in total. The number of aromatic nitrogens is 1. The lowest BCUT2D eigenvalue weighted by Crippen LogP contribution is -2.37. The Morgan fingerprint density at radius 2 is 1.85 bits per heavy atom. The van der Waals surface area contributed by atoms with Crippen molar-refractivity contribution in [2.75, 3.05) is 38.0 Å². The molecule has 1 aromatic heterocycles. The molecular weight excluding hydrogens is 453 g/mol. The summed E-state index contributed by atoms with van der Waals surface area (Å²) in [6.45, 7) is 6.64. The fraction of sp³-hybridized carbons (Fsp3) is 0.333. The normalized spacial score (nSPS) is 11.7. The summed E-state index contributed by atoms with van der Waals surface area (Å²) in [5, 5.41) is 7.73. The van der Waals surface area contributed by atoms with Crippen molar-refractivity contribution in [1.29, 1.82) is 0 Å². The second-order valence-electron chi connectivity index (χ2n) is 7.72. The number of amides is 1. The van der Waals surface area contributed by atoms with Gasteiger partial charge in [0.2, 0.25) is 0 Å². The molecule has 0 spiro atoms. The van der Waals surface area contributed by atoms with E-state index in [2.05, 4.69) is 20.5 Å². The van der Waals surface area contributed by atoms with E-state index in [1.54, 1.807) is 13.1 Å². The van der Waals surface area contributed by atoms with Gasteiger partial charge in [-0.25, -0.2) is 0 Å². The zero-order valence-electron chi connectivity index (χ0n) is 18.5. The summed E-state index contributed by atoms with van der Waals surface area (Å²) in [4.78, 5) is 18.8. The smallest absolute Gasteiger partial charge is 0.383 e. The van der Waals surface area contributed by atoms with Gasteiger partial charge < -0.3 is 15.5 Å². The van der Waals surface area contributed by atoms with Crippen LogP contribution in [0.2, 0.25) is 5.02 Å². The maximum absolute atomic E-state index is 13.0. The SMILES string of the molecule is CCN(CCNC(=O)c1cc(C)cc(C(F)(F)F)c1)CCNc1ccnc2cc(Cl)ccc12. The number of hydrogen-bond acceptors (Lipinski definition) is 4. The molecule has 3 aromatic rings. The molecule has 176 valence electrons. The molecular formula is C24H26ClF3N4O. The standard InChI is InChI=1S/C24H26ClF3N4O/c1-3-32(10-8-30-21-6-7-29-22-15-19(25)4-5-20(21)22)11-9-31-23(33)17-12-16(2)13-18(14-17)24(26,27)28/h4-7,12-15H,3,8-11H2,1-2H3,(H,29,30)(H,31,33). The number of carbonyl (C=O) groups excluding carboxylic acids is 1. The topological polar surface area (TPSA) is 57.3 Å². The minimum atomic E-state index is -4.49. The number of anilines is 1. The summed E-state index contributed by atoms with van der Waals surface area (Å²) >= 11 is 6.03. The van der Waals surface area contributed by atoms with Crippen LogP contribution in [0.15, 0.2) is 48.7 Å². The quantitative estimate of drug-likeness (QED) is 0.433. The van der Waals surface area contributed by atoms with Crippen molar-refractivity contribution < 1.29 is 18.0 Å². The van der Waals surface area contributed by atoms with Crippen molar-refractivity contribution in [3.63, 3.8) is 0 Å². The highest BCUT2D eigenvalue weighted by molar-refractivity contribution is 6.31. The van der Waals surface area contributed by atoms with Crippen LogP contribution in [-0.4, -0.2) is 48.5 Å². The van der Waals surface area contributed by atoms with Crippen molar-refractivity contribution >= 4 is 34.1 Å². The molecule has 0 aliphatic heterocycles. The summed E-state index contributed by atoms with van der Waals surface area (Å²) < 4.78 is 39.0. The Bertz CT molecular complexity index is 1120. The number of benzene rings is 2. The minimum absolute atomic E-state index is 0.0108. The van der Waals surface area contributed by atoms with E-state index in [1.165, 1.54) is 6.07 Å². The number of halogens is 4. The van der Waals surface area contributed by atoms with E-state index >= 15 is 0 Å². The van der Waals surface area contributed by atoms with Crippen molar-refractivity contribution in [1.82, 2.24) is 15.2 Å². The molecule has 0 bridgehead atoms. The van der Waals surface area contributed by atoms with Gasteiger partial charge in [0, 0.05) is 54.0 Å². The Kier molecular flexibility index (Phi) is 8.15. The summed E-state index contributed by atoms with van der Waals surface area (Å²) in [5.74, 6) is -0.514. The summed E-state index contributed by atoms with van der Waals surface area (Å²) in [6.07, 6.45) is -2.76. The number of fused-ring (bicyclic) bond motifs is 1. The van der Waals surface area contributed by atoms with Gasteiger partial charge in [0.25, 0.3) is 5.91 Å². The lowest BCUT2D eigenvalue weighted by atomic mass is 10.1. The highest BCUT2D eigenvalue weighted by Gasteiger charge is 2.31. The van der Waals surface area contributed by atoms with Crippen LogP contribution in [0, 0.1) is 6.92 Å². The fourth-order valence-electron chi connectivity index (χ4n) is 3.56. The van der Waals surface area contributed by atoms with E-state index < -0.39 is 17.6 Å². The van der Waals surface area contributed by atoms with Gasteiger partial charge in [0.1, 0.15) is 0 Å². The predicted molar refractivity (Wildman–Crippen MR) is 126 cm³/mol. The molecule has 1 heterocycles. The molecule has 1 amide bonds. The van der Waals surface area contributed by atoms with Crippen molar-refractivity contribution in [3.8, 4) is 0 Å². The van der Waals surface area contributed by atoms with E-state index in [0.717, 1.165) is 41.8 Å². The molecule has 0 radical (unpaired) electrons. The van der Waals surface area contributed by atoms with Gasteiger partial charge in [-0.1, -0.05) is 18.5 Å². The summed E-state index contributed by atoms with van der Waals surface area (Å²) in [5.41, 5.74) is 1.35. The van der Waals surface area contributed by atoms with Crippen molar-refractivity contribution in [2.45, 2.75) is 20.0 Å². The van der Waals surface area contributed by atoms with Gasteiger partial charge in [0.15, 0.2) is 0 Å². The molecule has 0 unspecified atom stereocenters. The fourth-order valence-corrected chi connectivity index (χ4v) is 3.73. The predicted octanol–water partition coefficient (Wildman–Crippen LogP) is 5.38. The highest BCUT2D eigenvalue weighted by Crippen LogP contribution is 2.30. The Hall–Kier alpha value is -2.84. The maximum Gasteiger partial charge on any atom is 0.416 e. The summed E-state index contributed by atoms with van der Waals surface area (Å²) in [6, 6.07) is 10.8. The van der Waals surface area contributed by atoms with Crippen LogP contribution in [-0.2, 0) is 6.18 Å². The summed E-state index contributed by atoms with van der Waals surface area (Å²) in [7, 11) is 0. The van der Waals surface area contributed by atoms with Gasteiger partial charge in [-0.2, -0.15) is 13.2 Å². The van der Waals surface area contributed by atoms with Crippen LogP contribution in [0.1, 0.15) is 28.4 Å². The second-order valence-corrected chi connectivity index (χ2v) is 8.16. The zero-order chi connectivity index (χ0) is 24.0. The number of likely N-dealkylation sites (N-methyl/N-ethyl adjacent to an activating group) is 1. The molecule has 0 saturated heterocycles. The van der Waals surface area contributed by atoms with Gasteiger partial charge in [-0.05, 0) is 61.5 Å². The number of rotatable bonds is 9. The Labute approximate surface area is 195 Å². The number of alkyl halides is 3. The van der Waals surface area contributed by atoms with Crippen molar-refractivity contribution in [2.24, 2.45) is 0 Å². The number of hydrogen-bond donors (Lipinski definition) is 2. The van der Waals surface area contributed by atoms with Crippen molar-refractivity contribution in [3.05, 3.63) is 70.4 Å². The lowest BCUT2D eigenvalue weighted by molar-refractivity contribution is -0.137. The highest BCUT2D eigenvalue weighted by atomic mass is 35.5.